The van der Waals surface area contributed by atoms with E-state index in [0.29, 0.717) is 5.41 Å². The van der Waals surface area contributed by atoms with Crippen LogP contribution in [0.1, 0.15) is 34.1 Å². The number of hydrogen-bond donors (Lipinski definition) is 1. The quantitative estimate of drug-likeness (QED) is 0.663. The van der Waals surface area contributed by atoms with Gasteiger partial charge in [0.2, 0.25) is 0 Å². The smallest absolute Gasteiger partial charge is 0.0335 e. The molecule has 1 N–H and O–H groups in total. The molecule has 1 rings (SSSR count). The number of nitrogens with one attached hydrogen (secondary N) is 1. The second kappa shape index (κ2) is 3.34. The zero-order chi connectivity index (χ0) is 9.19. The minimum Gasteiger partial charge on any atom is -0.384 e. The first-order valence-electron chi connectivity index (χ1n) is 4.72. The molecule has 0 aromatic rings. The molecule has 0 saturated heterocycles. The predicted octanol–water partition coefficient (Wildman–Crippen LogP) is 2.86. The van der Waals surface area contributed by atoms with E-state index in [1.807, 2.05) is 0 Å². The molecule has 0 saturated carbocycles. The summed E-state index contributed by atoms with van der Waals surface area (Å²) in [5, 5.41) is 3.44. The SMILES string of the molecule is C/C=C\C1=C(CC)C(C)(C)CN1. The Labute approximate surface area is 75.6 Å². The van der Waals surface area contributed by atoms with E-state index >= 15 is 0 Å². The van der Waals surface area contributed by atoms with Gasteiger partial charge in [0.25, 0.3) is 0 Å². The van der Waals surface area contributed by atoms with Crippen molar-refractivity contribution in [1.82, 2.24) is 5.32 Å². The monoisotopic (exact) mass is 165 g/mol. The maximum absolute atomic E-state index is 3.44. The van der Waals surface area contributed by atoms with Crippen molar-refractivity contribution in [3.05, 3.63) is 23.4 Å². The molecule has 0 unspecified atom stereocenters. The van der Waals surface area contributed by atoms with Crippen LogP contribution in [0.3, 0.4) is 0 Å². The Morgan fingerprint density at radius 3 is 2.67 bits per heavy atom. The van der Waals surface area contributed by atoms with Gasteiger partial charge in [-0.2, -0.15) is 0 Å². The van der Waals surface area contributed by atoms with Crippen LogP contribution < -0.4 is 5.32 Å². The highest BCUT2D eigenvalue weighted by Crippen LogP contribution is 2.35. The second-order valence-electron chi connectivity index (χ2n) is 3.98. The fraction of sp³-hybridized carbons (Fsp3) is 0.636. The van der Waals surface area contributed by atoms with Gasteiger partial charge in [-0.1, -0.05) is 26.8 Å². The summed E-state index contributed by atoms with van der Waals surface area (Å²) in [6.45, 7) is 9.97. The number of allylic oxidation sites excluding steroid dienone is 2. The van der Waals surface area contributed by atoms with Crippen molar-refractivity contribution in [3.8, 4) is 0 Å². The molecule has 1 heteroatoms. The summed E-state index contributed by atoms with van der Waals surface area (Å²) in [6, 6.07) is 0. The molecule has 1 aliphatic heterocycles. The van der Waals surface area contributed by atoms with Crippen molar-refractivity contribution in [1.29, 1.82) is 0 Å². The zero-order valence-electron chi connectivity index (χ0n) is 8.57. The summed E-state index contributed by atoms with van der Waals surface area (Å²) in [6.07, 6.45) is 5.42. The maximum atomic E-state index is 3.44. The third kappa shape index (κ3) is 1.55. The molecular weight excluding hydrogens is 146 g/mol. The van der Waals surface area contributed by atoms with Gasteiger partial charge < -0.3 is 5.32 Å². The molecule has 0 atom stereocenters. The fourth-order valence-corrected chi connectivity index (χ4v) is 1.89. The first-order valence-corrected chi connectivity index (χ1v) is 4.72. The molecule has 0 spiro atoms. The van der Waals surface area contributed by atoms with Crippen LogP contribution in [0, 0.1) is 5.41 Å². The van der Waals surface area contributed by atoms with Crippen LogP contribution in [-0.2, 0) is 0 Å². The molecule has 1 heterocycles. The molecule has 68 valence electrons. The largest absolute Gasteiger partial charge is 0.384 e. The lowest BCUT2D eigenvalue weighted by atomic mass is 9.84. The van der Waals surface area contributed by atoms with Gasteiger partial charge >= 0.3 is 0 Å². The molecule has 0 fully saturated rings. The van der Waals surface area contributed by atoms with Crippen LogP contribution in [0.5, 0.6) is 0 Å². The number of rotatable bonds is 2. The highest BCUT2D eigenvalue weighted by Gasteiger charge is 2.29. The van der Waals surface area contributed by atoms with Crippen molar-refractivity contribution in [2.45, 2.75) is 34.1 Å². The van der Waals surface area contributed by atoms with Gasteiger partial charge in [-0.15, -0.1) is 0 Å². The lowest BCUT2D eigenvalue weighted by Gasteiger charge is -2.19. The number of hydrogen-bond acceptors (Lipinski definition) is 1. The lowest BCUT2D eigenvalue weighted by molar-refractivity contribution is 0.458. The van der Waals surface area contributed by atoms with E-state index in [4.69, 9.17) is 0 Å². The lowest BCUT2D eigenvalue weighted by Crippen LogP contribution is -2.19. The van der Waals surface area contributed by atoms with Crippen molar-refractivity contribution in [2.75, 3.05) is 6.54 Å². The van der Waals surface area contributed by atoms with E-state index in [9.17, 15) is 0 Å². The minimum atomic E-state index is 0.351. The van der Waals surface area contributed by atoms with Crippen molar-refractivity contribution < 1.29 is 0 Å². The molecule has 1 nitrogen and oxygen atoms in total. The molecule has 0 radical (unpaired) electrons. The summed E-state index contributed by atoms with van der Waals surface area (Å²) in [5.41, 5.74) is 3.24. The zero-order valence-corrected chi connectivity index (χ0v) is 8.57. The Bertz CT molecular complexity index is 221. The molecule has 12 heavy (non-hydrogen) atoms. The molecule has 1 aliphatic rings. The first kappa shape index (κ1) is 9.37. The summed E-state index contributed by atoms with van der Waals surface area (Å²) >= 11 is 0. The van der Waals surface area contributed by atoms with Crippen LogP contribution >= 0.6 is 0 Å². The van der Waals surface area contributed by atoms with Crippen LogP contribution in [0.15, 0.2) is 23.4 Å². The van der Waals surface area contributed by atoms with E-state index < -0.39 is 0 Å². The predicted molar refractivity (Wildman–Crippen MR) is 53.9 cm³/mol. The molecule has 0 aromatic heterocycles. The summed E-state index contributed by atoms with van der Waals surface area (Å²) < 4.78 is 0. The Kier molecular flexibility index (Phi) is 2.61. The third-order valence-electron chi connectivity index (χ3n) is 2.55. The molecule has 0 aliphatic carbocycles. The summed E-state index contributed by atoms with van der Waals surface area (Å²) in [5.74, 6) is 0. The van der Waals surface area contributed by atoms with Crippen molar-refractivity contribution in [3.63, 3.8) is 0 Å². The normalized spacial score (nSPS) is 22.0. The van der Waals surface area contributed by atoms with Crippen LogP contribution in [0.25, 0.3) is 0 Å². The van der Waals surface area contributed by atoms with Gasteiger partial charge in [0, 0.05) is 17.7 Å². The van der Waals surface area contributed by atoms with E-state index in [2.05, 4.69) is 45.2 Å². The van der Waals surface area contributed by atoms with Gasteiger partial charge in [-0.3, -0.25) is 0 Å². The van der Waals surface area contributed by atoms with Gasteiger partial charge in [0.1, 0.15) is 0 Å². The Balaban J connectivity index is 2.95. The summed E-state index contributed by atoms with van der Waals surface area (Å²) in [4.78, 5) is 0. The van der Waals surface area contributed by atoms with Crippen molar-refractivity contribution >= 4 is 0 Å². The summed E-state index contributed by atoms with van der Waals surface area (Å²) in [7, 11) is 0. The van der Waals surface area contributed by atoms with Crippen molar-refractivity contribution in [2.24, 2.45) is 5.41 Å². The van der Waals surface area contributed by atoms with E-state index in [-0.39, 0.29) is 0 Å². The van der Waals surface area contributed by atoms with E-state index in [1.54, 1.807) is 5.57 Å². The fourth-order valence-electron chi connectivity index (χ4n) is 1.89. The Morgan fingerprint density at radius 1 is 1.50 bits per heavy atom. The third-order valence-corrected chi connectivity index (χ3v) is 2.55. The van der Waals surface area contributed by atoms with Gasteiger partial charge in [-0.25, -0.2) is 0 Å². The van der Waals surface area contributed by atoms with E-state index in [1.165, 1.54) is 5.70 Å². The van der Waals surface area contributed by atoms with Crippen LogP contribution in [0.4, 0.5) is 0 Å². The highest BCUT2D eigenvalue weighted by atomic mass is 14.9. The second-order valence-corrected chi connectivity index (χ2v) is 3.98. The van der Waals surface area contributed by atoms with Gasteiger partial charge in [0.15, 0.2) is 0 Å². The topological polar surface area (TPSA) is 12.0 Å². The standard InChI is InChI=1S/C11H19N/c1-5-7-10-9(6-2)11(3,4)8-12-10/h5,7,12H,6,8H2,1-4H3/b7-5-. The van der Waals surface area contributed by atoms with Gasteiger partial charge in [-0.05, 0) is 25.0 Å². The molecule has 0 bridgehead atoms. The Hall–Kier alpha value is -0.720. The molecular formula is C11H19N. The maximum Gasteiger partial charge on any atom is 0.0335 e. The Morgan fingerprint density at radius 2 is 2.17 bits per heavy atom. The van der Waals surface area contributed by atoms with Crippen LogP contribution in [-0.4, -0.2) is 6.54 Å². The van der Waals surface area contributed by atoms with Crippen LogP contribution in [0.2, 0.25) is 0 Å². The molecule has 0 amide bonds. The highest BCUT2D eigenvalue weighted by molar-refractivity contribution is 5.33. The molecule has 0 aromatic carbocycles. The average Bonchev–Trinajstić information content (AvgIpc) is 2.27. The first-order chi connectivity index (χ1) is 5.61. The minimum absolute atomic E-state index is 0.351. The average molecular weight is 165 g/mol. The van der Waals surface area contributed by atoms with Gasteiger partial charge in [0.05, 0.1) is 0 Å². The van der Waals surface area contributed by atoms with E-state index in [0.717, 1.165) is 13.0 Å².